The van der Waals surface area contributed by atoms with Crippen molar-refractivity contribution in [2.75, 3.05) is 5.32 Å². The van der Waals surface area contributed by atoms with E-state index in [9.17, 15) is 4.79 Å². The van der Waals surface area contributed by atoms with E-state index in [0.717, 1.165) is 6.42 Å². The third-order valence-electron chi connectivity index (χ3n) is 2.33. The second kappa shape index (κ2) is 6.18. The summed E-state index contributed by atoms with van der Waals surface area (Å²) in [5, 5.41) is 6.01. The van der Waals surface area contributed by atoms with E-state index in [-0.39, 0.29) is 11.9 Å². The van der Waals surface area contributed by atoms with Crippen LogP contribution in [-0.4, -0.2) is 28.0 Å². The van der Waals surface area contributed by atoms with E-state index in [0.29, 0.717) is 17.6 Å². The van der Waals surface area contributed by atoms with Gasteiger partial charge in [0.15, 0.2) is 0 Å². The van der Waals surface area contributed by atoms with E-state index in [1.165, 1.54) is 6.33 Å². The lowest BCUT2D eigenvalue weighted by atomic mass is 10.2. The SMILES string of the molecule is CCC(C)Nc1cc(C(=O)NC(C)C)ncn1. The van der Waals surface area contributed by atoms with Crippen LogP contribution in [0, 0.1) is 0 Å². The molecule has 0 spiro atoms. The largest absolute Gasteiger partial charge is 0.368 e. The van der Waals surface area contributed by atoms with Crippen LogP contribution < -0.4 is 10.6 Å². The number of hydrogen-bond acceptors (Lipinski definition) is 4. The van der Waals surface area contributed by atoms with Crippen molar-refractivity contribution in [3.8, 4) is 0 Å². The molecule has 0 bridgehead atoms. The van der Waals surface area contributed by atoms with E-state index >= 15 is 0 Å². The normalized spacial score (nSPS) is 12.3. The maximum atomic E-state index is 11.7. The van der Waals surface area contributed by atoms with Gasteiger partial charge < -0.3 is 10.6 Å². The first-order valence-electron chi connectivity index (χ1n) is 5.92. The molecule has 17 heavy (non-hydrogen) atoms. The van der Waals surface area contributed by atoms with Gasteiger partial charge in [-0.3, -0.25) is 4.79 Å². The van der Waals surface area contributed by atoms with Gasteiger partial charge in [0.25, 0.3) is 5.91 Å². The fourth-order valence-electron chi connectivity index (χ4n) is 1.25. The summed E-state index contributed by atoms with van der Waals surface area (Å²) in [5.41, 5.74) is 0.388. The highest BCUT2D eigenvalue weighted by Gasteiger charge is 2.10. The summed E-state index contributed by atoms with van der Waals surface area (Å²) in [4.78, 5) is 19.8. The molecule has 5 heteroatoms. The van der Waals surface area contributed by atoms with E-state index in [2.05, 4.69) is 34.4 Å². The van der Waals surface area contributed by atoms with Crippen LogP contribution >= 0.6 is 0 Å². The minimum Gasteiger partial charge on any atom is -0.368 e. The molecule has 94 valence electrons. The molecule has 0 fully saturated rings. The minimum atomic E-state index is -0.172. The topological polar surface area (TPSA) is 66.9 Å². The lowest BCUT2D eigenvalue weighted by Crippen LogP contribution is -2.31. The Morgan fingerprint density at radius 1 is 1.35 bits per heavy atom. The van der Waals surface area contributed by atoms with Crippen molar-refractivity contribution in [2.24, 2.45) is 0 Å². The summed E-state index contributed by atoms with van der Waals surface area (Å²) in [6.07, 6.45) is 2.40. The zero-order chi connectivity index (χ0) is 12.8. The fraction of sp³-hybridized carbons (Fsp3) is 0.583. The van der Waals surface area contributed by atoms with Crippen LogP contribution in [0.2, 0.25) is 0 Å². The average molecular weight is 236 g/mol. The van der Waals surface area contributed by atoms with Gasteiger partial charge in [0.05, 0.1) is 0 Å². The zero-order valence-corrected chi connectivity index (χ0v) is 10.8. The summed E-state index contributed by atoms with van der Waals surface area (Å²) in [6, 6.07) is 2.10. The van der Waals surface area contributed by atoms with Crippen LogP contribution in [0.4, 0.5) is 5.82 Å². The van der Waals surface area contributed by atoms with Crippen LogP contribution in [0.3, 0.4) is 0 Å². The summed E-state index contributed by atoms with van der Waals surface area (Å²) in [6.45, 7) is 7.98. The van der Waals surface area contributed by atoms with Gasteiger partial charge in [0.1, 0.15) is 17.8 Å². The third-order valence-corrected chi connectivity index (χ3v) is 2.33. The van der Waals surface area contributed by atoms with E-state index in [4.69, 9.17) is 0 Å². The number of hydrogen-bond donors (Lipinski definition) is 2. The van der Waals surface area contributed by atoms with Gasteiger partial charge in [-0.2, -0.15) is 0 Å². The molecule has 2 N–H and O–H groups in total. The van der Waals surface area contributed by atoms with Gasteiger partial charge in [-0.15, -0.1) is 0 Å². The fourth-order valence-corrected chi connectivity index (χ4v) is 1.25. The Labute approximate surface area is 102 Å². The molecule has 1 aromatic rings. The Hall–Kier alpha value is -1.65. The van der Waals surface area contributed by atoms with Gasteiger partial charge in [-0.1, -0.05) is 6.92 Å². The molecule has 0 aromatic carbocycles. The maximum absolute atomic E-state index is 11.7. The highest BCUT2D eigenvalue weighted by Crippen LogP contribution is 2.07. The predicted molar refractivity (Wildman–Crippen MR) is 68.0 cm³/mol. The lowest BCUT2D eigenvalue weighted by Gasteiger charge is -2.12. The van der Waals surface area contributed by atoms with Crippen molar-refractivity contribution in [1.82, 2.24) is 15.3 Å². The van der Waals surface area contributed by atoms with E-state index in [1.807, 2.05) is 13.8 Å². The zero-order valence-electron chi connectivity index (χ0n) is 10.8. The van der Waals surface area contributed by atoms with Crippen LogP contribution in [0.1, 0.15) is 44.6 Å². The van der Waals surface area contributed by atoms with Crippen LogP contribution in [0.25, 0.3) is 0 Å². The van der Waals surface area contributed by atoms with E-state index < -0.39 is 0 Å². The molecule has 1 aromatic heterocycles. The Morgan fingerprint density at radius 3 is 2.65 bits per heavy atom. The Kier molecular flexibility index (Phi) is 4.87. The highest BCUT2D eigenvalue weighted by molar-refractivity contribution is 5.92. The first-order valence-corrected chi connectivity index (χ1v) is 5.92. The number of anilines is 1. The average Bonchev–Trinajstić information content (AvgIpc) is 2.28. The van der Waals surface area contributed by atoms with Gasteiger partial charge >= 0.3 is 0 Å². The molecule has 0 aliphatic heterocycles. The number of carbonyl (C=O) groups excluding carboxylic acids is 1. The molecule has 1 heterocycles. The smallest absolute Gasteiger partial charge is 0.270 e. The Bertz CT molecular complexity index is 379. The number of nitrogens with zero attached hydrogens (tertiary/aromatic N) is 2. The van der Waals surface area contributed by atoms with Crippen molar-refractivity contribution in [3.63, 3.8) is 0 Å². The van der Waals surface area contributed by atoms with Crippen LogP contribution in [-0.2, 0) is 0 Å². The summed E-state index contributed by atoms with van der Waals surface area (Å²) in [5.74, 6) is 0.512. The Morgan fingerprint density at radius 2 is 2.06 bits per heavy atom. The first kappa shape index (κ1) is 13.4. The molecule has 0 aliphatic rings. The van der Waals surface area contributed by atoms with Gasteiger partial charge in [-0.05, 0) is 27.2 Å². The highest BCUT2D eigenvalue weighted by atomic mass is 16.1. The first-order chi connectivity index (χ1) is 8.02. The summed E-state index contributed by atoms with van der Waals surface area (Å²) in [7, 11) is 0. The molecule has 1 atom stereocenters. The number of aromatic nitrogens is 2. The molecular formula is C12H20N4O. The van der Waals surface area contributed by atoms with Crippen molar-refractivity contribution >= 4 is 11.7 Å². The molecule has 0 radical (unpaired) electrons. The molecular weight excluding hydrogens is 216 g/mol. The molecule has 5 nitrogen and oxygen atoms in total. The monoisotopic (exact) mass is 236 g/mol. The quantitative estimate of drug-likeness (QED) is 0.818. The van der Waals surface area contributed by atoms with Crippen molar-refractivity contribution in [3.05, 3.63) is 18.1 Å². The van der Waals surface area contributed by atoms with Gasteiger partial charge in [0, 0.05) is 18.2 Å². The maximum Gasteiger partial charge on any atom is 0.270 e. The molecule has 0 aliphatic carbocycles. The van der Waals surface area contributed by atoms with Crippen LogP contribution in [0.5, 0.6) is 0 Å². The predicted octanol–water partition coefficient (Wildman–Crippen LogP) is 1.83. The third kappa shape index (κ3) is 4.38. The summed E-state index contributed by atoms with van der Waals surface area (Å²) < 4.78 is 0. The van der Waals surface area contributed by atoms with Gasteiger partial charge in [0.2, 0.25) is 0 Å². The number of carbonyl (C=O) groups is 1. The number of nitrogens with one attached hydrogen (secondary N) is 2. The molecule has 0 saturated carbocycles. The summed E-state index contributed by atoms with van der Waals surface area (Å²) >= 11 is 0. The van der Waals surface area contributed by atoms with Crippen molar-refractivity contribution in [2.45, 2.75) is 46.2 Å². The van der Waals surface area contributed by atoms with Crippen molar-refractivity contribution in [1.29, 1.82) is 0 Å². The lowest BCUT2D eigenvalue weighted by molar-refractivity contribution is 0.0938. The van der Waals surface area contributed by atoms with Gasteiger partial charge in [-0.25, -0.2) is 9.97 Å². The molecule has 1 rings (SSSR count). The Balaban J connectivity index is 2.75. The second-order valence-corrected chi connectivity index (χ2v) is 4.37. The van der Waals surface area contributed by atoms with Crippen LogP contribution in [0.15, 0.2) is 12.4 Å². The number of amides is 1. The number of rotatable bonds is 5. The minimum absolute atomic E-state index is 0.100. The second-order valence-electron chi connectivity index (χ2n) is 4.37. The molecule has 1 unspecified atom stereocenters. The molecule has 0 saturated heterocycles. The standard InChI is InChI=1S/C12H20N4O/c1-5-9(4)16-11-6-10(13-7-14-11)12(17)15-8(2)3/h6-9H,5H2,1-4H3,(H,15,17)(H,13,14,16). The van der Waals surface area contributed by atoms with Crippen molar-refractivity contribution < 1.29 is 4.79 Å². The molecule has 1 amide bonds. The van der Waals surface area contributed by atoms with E-state index in [1.54, 1.807) is 6.07 Å².